The van der Waals surface area contributed by atoms with Gasteiger partial charge in [0.25, 0.3) is 0 Å². The predicted molar refractivity (Wildman–Crippen MR) is 80.0 cm³/mol. The van der Waals surface area contributed by atoms with E-state index >= 15 is 0 Å². The van der Waals surface area contributed by atoms with Gasteiger partial charge in [0.2, 0.25) is 0 Å². The van der Waals surface area contributed by atoms with Gasteiger partial charge < -0.3 is 5.32 Å². The van der Waals surface area contributed by atoms with Crippen molar-refractivity contribution in [1.29, 1.82) is 0 Å². The van der Waals surface area contributed by atoms with Gasteiger partial charge in [-0.1, -0.05) is 43.3 Å². The van der Waals surface area contributed by atoms with E-state index in [2.05, 4.69) is 69.7 Å². The largest absolute Gasteiger partial charge is 0.305 e. The van der Waals surface area contributed by atoms with Gasteiger partial charge in [-0.15, -0.1) is 5.10 Å². The summed E-state index contributed by atoms with van der Waals surface area (Å²) < 4.78 is 2.62. The Bertz CT molecular complexity index is 531. The van der Waals surface area contributed by atoms with Crippen molar-refractivity contribution in [1.82, 2.24) is 20.3 Å². The number of hydrogen-bond donors (Lipinski definition) is 1. The standard InChI is InChI=1S/C14H19BrN4/c1-4-10-8-6-7-9-11(10)12(16-5-2)13-14(15)17-18-19(13)3/h6-9,12,16H,4-5H2,1-3H3. The first-order valence-corrected chi connectivity index (χ1v) is 7.34. The van der Waals surface area contributed by atoms with Crippen LogP contribution < -0.4 is 5.32 Å². The van der Waals surface area contributed by atoms with E-state index in [-0.39, 0.29) is 6.04 Å². The molecule has 5 heteroatoms. The van der Waals surface area contributed by atoms with Crippen molar-refractivity contribution in [2.45, 2.75) is 26.3 Å². The number of nitrogens with one attached hydrogen (secondary N) is 1. The summed E-state index contributed by atoms with van der Waals surface area (Å²) in [5.41, 5.74) is 3.70. The van der Waals surface area contributed by atoms with Crippen LogP contribution in [0.2, 0.25) is 0 Å². The van der Waals surface area contributed by atoms with Crippen molar-refractivity contribution in [3.63, 3.8) is 0 Å². The molecule has 1 aromatic carbocycles. The zero-order chi connectivity index (χ0) is 13.8. The summed E-state index contributed by atoms with van der Waals surface area (Å²) in [7, 11) is 1.92. The Labute approximate surface area is 122 Å². The highest BCUT2D eigenvalue weighted by Crippen LogP contribution is 2.29. The van der Waals surface area contributed by atoms with Crippen LogP contribution in [0, 0.1) is 0 Å². The topological polar surface area (TPSA) is 42.7 Å². The van der Waals surface area contributed by atoms with Crippen LogP contribution in [0.1, 0.15) is 36.7 Å². The van der Waals surface area contributed by atoms with E-state index in [0.717, 1.165) is 23.3 Å². The Kier molecular flexibility index (Phi) is 4.71. The molecule has 0 amide bonds. The van der Waals surface area contributed by atoms with Gasteiger partial charge in [0.15, 0.2) is 4.60 Å². The number of aryl methyl sites for hydroxylation is 2. The fraction of sp³-hybridized carbons (Fsp3) is 0.429. The van der Waals surface area contributed by atoms with Gasteiger partial charge >= 0.3 is 0 Å². The van der Waals surface area contributed by atoms with Crippen LogP contribution in [-0.4, -0.2) is 21.5 Å². The molecule has 2 rings (SSSR count). The molecule has 1 N–H and O–H groups in total. The van der Waals surface area contributed by atoms with Crippen LogP contribution >= 0.6 is 15.9 Å². The molecule has 4 nitrogen and oxygen atoms in total. The van der Waals surface area contributed by atoms with Crippen molar-refractivity contribution in [3.8, 4) is 0 Å². The summed E-state index contributed by atoms with van der Waals surface area (Å²) in [6, 6.07) is 8.62. The molecule has 0 saturated heterocycles. The van der Waals surface area contributed by atoms with Gasteiger partial charge in [-0.05, 0) is 40.0 Å². The molecule has 1 unspecified atom stereocenters. The van der Waals surface area contributed by atoms with E-state index in [0.29, 0.717) is 0 Å². The monoisotopic (exact) mass is 322 g/mol. The first-order valence-electron chi connectivity index (χ1n) is 6.55. The van der Waals surface area contributed by atoms with E-state index in [9.17, 15) is 0 Å². The summed E-state index contributed by atoms with van der Waals surface area (Å²) in [6.07, 6.45) is 1.01. The Morgan fingerprint density at radius 3 is 2.63 bits per heavy atom. The third kappa shape index (κ3) is 2.87. The van der Waals surface area contributed by atoms with Crippen molar-refractivity contribution in [3.05, 3.63) is 45.7 Å². The molecular weight excluding hydrogens is 304 g/mol. The molecule has 0 radical (unpaired) electrons. The Hall–Kier alpha value is -1.20. The molecule has 0 aliphatic carbocycles. The third-order valence-electron chi connectivity index (χ3n) is 3.26. The summed E-state index contributed by atoms with van der Waals surface area (Å²) in [5, 5.41) is 11.7. The summed E-state index contributed by atoms with van der Waals surface area (Å²) in [4.78, 5) is 0. The highest BCUT2D eigenvalue weighted by Gasteiger charge is 2.22. The second-order valence-corrected chi connectivity index (χ2v) is 5.18. The van der Waals surface area contributed by atoms with E-state index in [1.807, 2.05) is 11.7 Å². The average molecular weight is 323 g/mol. The second-order valence-electron chi connectivity index (χ2n) is 4.43. The Balaban J connectivity index is 2.51. The molecule has 0 aliphatic heterocycles. The maximum Gasteiger partial charge on any atom is 0.153 e. The SMILES string of the molecule is CCNC(c1ccccc1CC)c1c(Br)nnn1C. The molecule has 0 bridgehead atoms. The molecule has 102 valence electrons. The maximum atomic E-state index is 4.09. The number of benzene rings is 1. The number of hydrogen-bond acceptors (Lipinski definition) is 3. The van der Waals surface area contributed by atoms with Crippen LogP contribution in [0.4, 0.5) is 0 Å². The molecule has 2 aromatic rings. The van der Waals surface area contributed by atoms with Gasteiger partial charge in [0.1, 0.15) is 0 Å². The van der Waals surface area contributed by atoms with Crippen LogP contribution in [0.15, 0.2) is 28.9 Å². The third-order valence-corrected chi connectivity index (χ3v) is 3.82. The fourth-order valence-electron chi connectivity index (χ4n) is 2.34. The smallest absolute Gasteiger partial charge is 0.153 e. The van der Waals surface area contributed by atoms with E-state index in [1.54, 1.807) is 0 Å². The van der Waals surface area contributed by atoms with Crippen LogP contribution in [0.5, 0.6) is 0 Å². The highest BCUT2D eigenvalue weighted by atomic mass is 79.9. The molecule has 19 heavy (non-hydrogen) atoms. The Morgan fingerprint density at radius 1 is 1.32 bits per heavy atom. The predicted octanol–water partition coefficient (Wildman–Crippen LogP) is 2.84. The minimum absolute atomic E-state index is 0.107. The quantitative estimate of drug-likeness (QED) is 0.920. The summed E-state index contributed by atoms with van der Waals surface area (Å²) in [5.74, 6) is 0. The lowest BCUT2D eigenvalue weighted by molar-refractivity contribution is 0.564. The minimum atomic E-state index is 0.107. The van der Waals surface area contributed by atoms with Crippen molar-refractivity contribution in [2.24, 2.45) is 7.05 Å². The molecule has 1 atom stereocenters. The lowest BCUT2D eigenvalue weighted by atomic mass is 9.96. The molecule has 0 saturated carbocycles. The molecule has 1 heterocycles. The Morgan fingerprint density at radius 2 is 2.05 bits per heavy atom. The minimum Gasteiger partial charge on any atom is -0.305 e. The number of aromatic nitrogens is 3. The van der Waals surface area contributed by atoms with E-state index < -0.39 is 0 Å². The summed E-state index contributed by atoms with van der Waals surface area (Å²) >= 11 is 3.50. The maximum absolute atomic E-state index is 4.09. The van der Waals surface area contributed by atoms with Crippen LogP contribution in [0.3, 0.4) is 0 Å². The fourth-order valence-corrected chi connectivity index (χ4v) is 2.90. The van der Waals surface area contributed by atoms with Gasteiger partial charge in [0.05, 0.1) is 11.7 Å². The van der Waals surface area contributed by atoms with Gasteiger partial charge in [-0.2, -0.15) is 0 Å². The van der Waals surface area contributed by atoms with Gasteiger partial charge in [0, 0.05) is 7.05 Å². The molecule has 0 spiro atoms. The van der Waals surface area contributed by atoms with Crippen LogP contribution in [0.25, 0.3) is 0 Å². The number of halogens is 1. The first-order chi connectivity index (χ1) is 9.19. The van der Waals surface area contributed by atoms with Gasteiger partial charge in [-0.3, -0.25) is 0 Å². The lowest BCUT2D eigenvalue weighted by Crippen LogP contribution is -2.25. The van der Waals surface area contributed by atoms with Gasteiger partial charge in [-0.25, -0.2) is 4.68 Å². The van der Waals surface area contributed by atoms with E-state index in [1.165, 1.54) is 11.1 Å². The molecular formula is C14H19BrN4. The number of nitrogens with zero attached hydrogens (tertiary/aromatic N) is 3. The first kappa shape index (κ1) is 14.2. The van der Waals surface area contributed by atoms with Crippen molar-refractivity contribution >= 4 is 15.9 Å². The highest BCUT2D eigenvalue weighted by molar-refractivity contribution is 9.10. The average Bonchev–Trinajstić information content (AvgIpc) is 2.76. The molecule has 1 aromatic heterocycles. The van der Waals surface area contributed by atoms with Crippen molar-refractivity contribution in [2.75, 3.05) is 6.54 Å². The second kappa shape index (κ2) is 6.30. The van der Waals surface area contributed by atoms with Crippen LogP contribution in [-0.2, 0) is 13.5 Å². The zero-order valence-electron chi connectivity index (χ0n) is 11.5. The molecule has 0 fully saturated rings. The zero-order valence-corrected chi connectivity index (χ0v) is 13.1. The lowest BCUT2D eigenvalue weighted by Gasteiger charge is -2.21. The summed E-state index contributed by atoms with van der Waals surface area (Å²) in [6.45, 7) is 5.18. The van der Waals surface area contributed by atoms with E-state index in [4.69, 9.17) is 0 Å². The van der Waals surface area contributed by atoms with Crippen molar-refractivity contribution < 1.29 is 0 Å². The normalized spacial score (nSPS) is 12.6. The molecule has 0 aliphatic rings. The number of rotatable bonds is 5.